The molecule has 0 saturated carbocycles. The molecule has 0 aliphatic heterocycles. The van der Waals surface area contributed by atoms with Gasteiger partial charge in [-0.05, 0) is 59.0 Å². The summed E-state index contributed by atoms with van der Waals surface area (Å²) in [7, 11) is 0. The van der Waals surface area contributed by atoms with Crippen molar-refractivity contribution in [3.05, 3.63) is 64.2 Å². The van der Waals surface area contributed by atoms with Crippen molar-refractivity contribution in [2.75, 3.05) is 0 Å². The number of oxazole rings is 1. The van der Waals surface area contributed by atoms with Crippen LogP contribution in [0.4, 0.5) is 0 Å². The summed E-state index contributed by atoms with van der Waals surface area (Å²) in [5.41, 5.74) is 2.58. The van der Waals surface area contributed by atoms with E-state index in [2.05, 4.69) is 47.7 Å². The van der Waals surface area contributed by atoms with Gasteiger partial charge in [-0.2, -0.15) is 4.98 Å². The molecule has 1 aromatic carbocycles. The molecule has 4 rings (SSSR count). The third-order valence-electron chi connectivity index (χ3n) is 3.36. The molecule has 0 radical (unpaired) electrons. The van der Waals surface area contributed by atoms with E-state index in [9.17, 15) is 0 Å². The van der Waals surface area contributed by atoms with E-state index in [1.807, 2.05) is 42.5 Å². The van der Waals surface area contributed by atoms with Crippen molar-refractivity contribution in [1.82, 2.24) is 25.1 Å². The zero-order valence-electron chi connectivity index (χ0n) is 12.9. The van der Waals surface area contributed by atoms with Crippen LogP contribution >= 0.6 is 34.4 Å². The second-order valence-electron chi connectivity index (χ2n) is 5.12. The lowest BCUT2D eigenvalue weighted by atomic mass is 10.2. The number of aromatic nitrogens is 5. The molecule has 0 aliphatic carbocycles. The molecule has 0 unspecified atom stereocenters. The van der Waals surface area contributed by atoms with Crippen LogP contribution in [0.2, 0.25) is 0 Å². The normalized spacial score (nSPS) is 10.9. The van der Waals surface area contributed by atoms with Crippen LogP contribution in [0.25, 0.3) is 23.0 Å². The largest absolute Gasteiger partial charge is 0.444 e. The quantitative estimate of drug-likeness (QED) is 0.350. The maximum Gasteiger partial charge on any atom is 0.226 e. The molecule has 3 aromatic heterocycles. The summed E-state index contributed by atoms with van der Waals surface area (Å²) in [5.74, 6) is 1.91. The molecule has 8 heteroatoms. The van der Waals surface area contributed by atoms with Gasteiger partial charge in [0.15, 0.2) is 5.82 Å². The zero-order valence-corrected chi connectivity index (χ0v) is 15.9. The summed E-state index contributed by atoms with van der Waals surface area (Å²) in [4.78, 5) is 13.2. The van der Waals surface area contributed by atoms with Gasteiger partial charge in [-0.15, -0.1) is 5.10 Å². The van der Waals surface area contributed by atoms with Crippen LogP contribution in [-0.4, -0.2) is 25.1 Å². The van der Waals surface area contributed by atoms with Crippen molar-refractivity contribution in [2.24, 2.45) is 0 Å². The summed E-state index contributed by atoms with van der Waals surface area (Å²) in [6.45, 7) is 0. The molecule has 25 heavy (non-hydrogen) atoms. The first-order valence-electron chi connectivity index (χ1n) is 7.45. The fourth-order valence-electron chi connectivity index (χ4n) is 2.17. The minimum Gasteiger partial charge on any atom is -0.444 e. The molecule has 4 aromatic rings. The van der Waals surface area contributed by atoms with E-state index in [1.165, 1.54) is 15.3 Å². The average molecular weight is 461 g/mol. The average Bonchev–Trinajstić information content (AvgIpc) is 3.31. The number of hydrogen-bond acceptors (Lipinski definition) is 6. The summed E-state index contributed by atoms with van der Waals surface area (Å²) >= 11 is 3.77. The van der Waals surface area contributed by atoms with Crippen LogP contribution in [0, 0.1) is 3.57 Å². The van der Waals surface area contributed by atoms with Gasteiger partial charge in [0.05, 0.1) is 5.69 Å². The highest BCUT2D eigenvalue weighted by Gasteiger charge is 2.10. The number of nitrogens with zero attached hydrogens (tertiary/aromatic N) is 4. The molecule has 0 fully saturated rings. The molecular weight excluding hydrogens is 449 g/mol. The fourth-order valence-corrected chi connectivity index (χ4v) is 3.20. The van der Waals surface area contributed by atoms with Gasteiger partial charge >= 0.3 is 0 Å². The Morgan fingerprint density at radius 1 is 1.08 bits per heavy atom. The summed E-state index contributed by atoms with van der Waals surface area (Å²) < 4.78 is 6.75. The maximum atomic E-state index is 5.57. The Labute approximate surface area is 161 Å². The summed E-state index contributed by atoms with van der Waals surface area (Å²) in [6.07, 6.45) is 3.40. The molecule has 0 spiro atoms. The molecule has 0 aliphatic rings. The highest BCUT2D eigenvalue weighted by Crippen LogP contribution is 2.24. The highest BCUT2D eigenvalue weighted by molar-refractivity contribution is 14.1. The van der Waals surface area contributed by atoms with E-state index >= 15 is 0 Å². The molecule has 124 valence electrons. The third-order valence-corrected chi connectivity index (χ3v) is 4.96. The predicted molar refractivity (Wildman–Crippen MR) is 104 cm³/mol. The van der Waals surface area contributed by atoms with E-state index in [-0.39, 0.29) is 0 Å². The molecule has 6 nitrogen and oxygen atoms in total. The lowest BCUT2D eigenvalue weighted by Crippen LogP contribution is -1.84. The molecular formula is C17H12IN5OS. The van der Waals surface area contributed by atoms with Crippen LogP contribution in [0.5, 0.6) is 0 Å². The van der Waals surface area contributed by atoms with Crippen molar-refractivity contribution in [3.8, 4) is 23.0 Å². The fraction of sp³-hybridized carbons (Fsp3) is 0.0588. The topological polar surface area (TPSA) is 80.5 Å². The first-order valence-corrected chi connectivity index (χ1v) is 9.51. The smallest absolute Gasteiger partial charge is 0.226 e. The number of rotatable bonds is 5. The highest BCUT2D eigenvalue weighted by atomic mass is 127. The van der Waals surface area contributed by atoms with Gasteiger partial charge in [-0.25, -0.2) is 4.98 Å². The first-order chi connectivity index (χ1) is 12.3. The number of aromatic amines is 1. The standard InChI is InChI=1S/C17H12IN5OS/c18-12-6-4-11(5-7-12)16-20-13(9-24-16)10-25-17-21-15(22-23-17)14-3-1-2-8-19-14/h1-9H,10H2,(H,21,22,23). The SMILES string of the molecule is Ic1ccc(-c2nc(CSc3n[nH]c(-c4ccccn4)n3)co2)cc1. The Hall–Kier alpha value is -2.20. The molecule has 3 heterocycles. The van der Waals surface area contributed by atoms with Crippen molar-refractivity contribution in [3.63, 3.8) is 0 Å². The molecule has 0 saturated heterocycles. The molecule has 0 bridgehead atoms. The van der Waals surface area contributed by atoms with Crippen LogP contribution in [0.1, 0.15) is 5.69 Å². The second-order valence-corrected chi connectivity index (χ2v) is 7.31. The van der Waals surface area contributed by atoms with Gasteiger partial charge in [-0.1, -0.05) is 17.8 Å². The number of pyridine rings is 1. The van der Waals surface area contributed by atoms with Crippen LogP contribution in [0.15, 0.2) is 64.5 Å². The van der Waals surface area contributed by atoms with Crippen molar-refractivity contribution < 1.29 is 4.42 Å². The predicted octanol–water partition coefficient (Wildman–Crippen LogP) is 4.42. The van der Waals surface area contributed by atoms with E-state index in [0.29, 0.717) is 22.6 Å². The number of hydrogen-bond donors (Lipinski definition) is 1. The van der Waals surface area contributed by atoms with Crippen LogP contribution < -0.4 is 0 Å². The Morgan fingerprint density at radius 2 is 1.96 bits per heavy atom. The van der Waals surface area contributed by atoms with Gasteiger partial charge in [0, 0.05) is 21.1 Å². The number of nitrogens with one attached hydrogen (secondary N) is 1. The van der Waals surface area contributed by atoms with Crippen molar-refractivity contribution >= 4 is 34.4 Å². The van der Waals surface area contributed by atoms with E-state index in [1.54, 1.807) is 12.5 Å². The lowest BCUT2D eigenvalue weighted by molar-refractivity contribution is 0.573. The number of benzene rings is 1. The summed E-state index contributed by atoms with van der Waals surface area (Å²) in [5, 5.41) is 7.77. The van der Waals surface area contributed by atoms with Crippen molar-refractivity contribution in [1.29, 1.82) is 0 Å². The van der Waals surface area contributed by atoms with Crippen LogP contribution in [0.3, 0.4) is 0 Å². The maximum absolute atomic E-state index is 5.57. The Balaban J connectivity index is 1.42. The zero-order chi connectivity index (χ0) is 17.1. The van der Waals surface area contributed by atoms with E-state index in [4.69, 9.17) is 4.42 Å². The Morgan fingerprint density at radius 3 is 2.76 bits per heavy atom. The molecule has 0 amide bonds. The third kappa shape index (κ3) is 3.90. The second kappa shape index (κ2) is 7.36. The Bertz CT molecular complexity index is 968. The molecule has 0 atom stereocenters. The number of H-pyrrole nitrogens is 1. The number of thioether (sulfide) groups is 1. The first kappa shape index (κ1) is 16.3. The van der Waals surface area contributed by atoms with Gasteiger partial charge < -0.3 is 4.42 Å². The monoisotopic (exact) mass is 461 g/mol. The van der Waals surface area contributed by atoms with E-state index in [0.717, 1.165) is 17.0 Å². The van der Waals surface area contributed by atoms with Gasteiger partial charge in [0.25, 0.3) is 0 Å². The summed E-state index contributed by atoms with van der Waals surface area (Å²) in [6, 6.07) is 13.7. The van der Waals surface area contributed by atoms with E-state index < -0.39 is 0 Å². The Kier molecular flexibility index (Phi) is 4.79. The minimum absolute atomic E-state index is 0.621. The van der Waals surface area contributed by atoms with Gasteiger partial charge in [0.1, 0.15) is 12.0 Å². The van der Waals surface area contributed by atoms with Gasteiger partial charge in [-0.3, -0.25) is 10.1 Å². The van der Waals surface area contributed by atoms with Gasteiger partial charge in [0.2, 0.25) is 11.0 Å². The van der Waals surface area contributed by atoms with Crippen LogP contribution in [-0.2, 0) is 5.75 Å². The minimum atomic E-state index is 0.621. The van der Waals surface area contributed by atoms with Crippen molar-refractivity contribution in [2.45, 2.75) is 10.9 Å². The molecule has 1 N–H and O–H groups in total. The number of halogens is 1. The lowest BCUT2D eigenvalue weighted by Gasteiger charge is -1.95.